The fourth-order valence-corrected chi connectivity index (χ4v) is 4.22. The molecule has 0 bridgehead atoms. The van der Waals surface area contributed by atoms with Crippen LogP contribution in [-0.4, -0.2) is 55.0 Å². The maximum atomic E-state index is 12.0. The molecule has 156 valence electrons. The van der Waals surface area contributed by atoms with Gasteiger partial charge in [-0.3, -0.25) is 4.79 Å². The molecule has 3 rings (SSSR count). The van der Waals surface area contributed by atoms with E-state index in [4.69, 9.17) is 0 Å². The minimum absolute atomic E-state index is 0.0105. The van der Waals surface area contributed by atoms with Crippen LogP contribution in [0.25, 0.3) is 0 Å². The van der Waals surface area contributed by atoms with Crippen molar-refractivity contribution in [2.45, 2.75) is 45.1 Å². The molecule has 2 unspecified atom stereocenters. The molecule has 0 saturated carbocycles. The Hall–Kier alpha value is -2.41. The van der Waals surface area contributed by atoms with Crippen LogP contribution in [0.15, 0.2) is 35.5 Å². The van der Waals surface area contributed by atoms with Gasteiger partial charge in [0.2, 0.25) is 5.91 Å². The number of aliphatic imine (C=N–C) groups is 1. The molecule has 0 aliphatic heterocycles. The monoisotopic (exact) mass is 413 g/mol. The summed E-state index contributed by atoms with van der Waals surface area (Å²) in [5.41, 5.74) is 2.83. The molecule has 29 heavy (non-hydrogen) atoms. The van der Waals surface area contributed by atoms with E-state index in [1.165, 1.54) is 16.0 Å². The number of guanidine groups is 1. The lowest BCUT2D eigenvalue weighted by molar-refractivity contribution is -0.127. The molecule has 1 aliphatic rings. The topological polar surface area (TPSA) is 69.6 Å². The molecule has 2 N–H and O–H groups in total. The van der Waals surface area contributed by atoms with E-state index < -0.39 is 0 Å². The molecule has 2 aromatic rings. The first-order valence-electron chi connectivity index (χ1n) is 10.2. The zero-order valence-electron chi connectivity index (χ0n) is 17.7. The summed E-state index contributed by atoms with van der Waals surface area (Å²) in [5.74, 6) is 0.964. The van der Waals surface area contributed by atoms with Crippen molar-refractivity contribution in [3.05, 3.63) is 51.5 Å². The lowest BCUT2D eigenvalue weighted by atomic mass is 9.88. The summed E-state index contributed by atoms with van der Waals surface area (Å²) in [7, 11) is 3.51. The second-order valence-corrected chi connectivity index (χ2v) is 9.16. The number of aryl methyl sites for hydroxylation is 2. The van der Waals surface area contributed by atoms with Gasteiger partial charge in [0.15, 0.2) is 5.96 Å². The average Bonchev–Trinajstić information content (AvgIpc) is 3.15. The third-order valence-corrected chi connectivity index (χ3v) is 6.34. The number of fused-ring (bicyclic) bond motifs is 1. The van der Waals surface area contributed by atoms with Crippen LogP contribution in [0.3, 0.4) is 0 Å². The van der Waals surface area contributed by atoms with E-state index >= 15 is 0 Å². The second-order valence-electron chi connectivity index (χ2n) is 7.90. The number of thiazole rings is 1. The van der Waals surface area contributed by atoms with Crippen LogP contribution in [0.4, 0.5) is 0 Å². The lowest BCUT2D eigenvalue weighted by Crippen LogP contribution is -2.47. The van der Waals surface area contributed by atoms with E-state index in [1.807, 2.05) is 6.20 Å². The highest BCUT2D eigenvalue weighted by atomic mass is 32.1. The molecular weight excluding hydrogens is 382 g/mol. The Morgan fingerprint density at radius 2 is 2.10 bits per heavy atom. The normalized spacial score (nSPS) is 17.4. The van der Waals surface area contributed by atoms with Gasteiger partial charge < -0.3 is 15.5 Å². The fourth-order valence-electron chi connectivity index (χ4n) is 3.39. The Balaban J connectivity index is 1.64. The largest absolute Gasteiger partial charge is 0.356 e. The minimum atomic E-state index is -0.0105. The van der Waals surface area contributed by atoms with E-state index in [2.05, 4.69) is 58.7 Å². The SMILES string of the molecule is Cc1cnc(C(C)CNC(=NCC(=O)N(C)C)NC2CCc3ccccc3C2)s1. The Morgan fingerprint density at radius 3 is 2.79 bits per heavy atom. The van der Waals surface area contributed by atoms with Gasteiger partial charge in [0.25, 0.3) is 0 Å². The molecule has 1 aromatic carbocycles. The molecule has 1 aromatic heterocycles. The molecule has 1 amide bonds. The first kappa shape index (κ1) is 21.3. The maximum absolute atomic E-state index is 12.0. The van der Waals surface area contributed by atoms with Gasteiger partial charge >= 0.3 is 0 Å². The van der Waals surface area contributed by atoms with Crippen molar-refractivity contribution < 1.29 is 4.79 Å². The van der Waals surface area contributed by atoms with Crippen molar-refractivity contribution in [2.75, 3.05) is 27.2 Å². The predicted octanol–water partition coefficient (Wildman–Crippen LogP) is 2.74. The fraction of sp³-hybridized carbons (Fsp3) is 0.500. The van der Waals surface area contributed by atoms with Gasteiger partial charge in [0, 0.05) is 43.7 Å². The molecule has 1 heterocycles. The van der Waals surface area contributed by atoms with Crippen molar-refractivity contribution in [1.82, 2.24) is 20.5 Å². The van der Waals surface area contributed by atoms with Gasteiger partial charge in [-0.1, -0.05) is 31.2 Å². The summed E-state index contributed by atoms with van der Waals surface area (Å²) in [5, 5.41) is 8.10. The van der Waals surface area contributed by atoms with Crippen molar-refractivity contribution in [1.29, 1.82) is 0 Å². The van der Waals surface area contributed by atoms with Gasteiger partial charge in [-0.2, -0.15) is 0 Å². The van der Waals surface area contributed by atoms with E-state index in [1.54, 1.807) is 30.3 Å². The first-order chi connectivity index (χ1) is 13.9. The maximum Gasteiger partial charge on any atom is 0.243 e. The number of benzene rings is 1. The van der Waals surface area contributed by atoms with Crippen LogP contribution in [0.2, 0.25) is 0 Å². The number of nitrogens with zero attached hydrogens (tertiary/aromatic N) is 3. The summed E-state index contributed by atoms with van der Waals surface area (Å²) in [6, 6.07) is 8.93. The van der Waals surface area contributed by atoms with E-state index in [0.717, 1.165) is 30.8 Å². The number of rotatable bonds is 6. The van der Waals surface area contributed by atoms with Gasteiger partial charge in [-0.25, -0.2) is 9.98 Å². The first-order valence-corrected chi connectivity index (χ1v) is 11.0. The highest BCUT2D eigenvalue weighted by Gasteiger charge is 2.20. The molecule has 0 fully saturated rings. The summed E-state index contributed by atoms with van der Waals surface area (Å²) >= 11 is 1.73. The molecular formula is C22H31N5OS. The Labute approximate surface area is 177 Å². The Morgan fingerprint density at radius 1 is 1.34 bits per heavy atom. The van der Waals surface area contributed by atoms with Crippen LogP contribution in [0.5, 0.6) is 0 Å². The average molecular weight is 414 g/mol. The Bertz CT molecular complexity index is 860. The zero-order chi connectivity index (χ0) is 20.8. The minimum Gasteiger partial charge on any atom is -0.356 e. The number of aromatic nitrogens is 1. The summed E-state index contributed by atoms with van der Waals surface area (Å²) in [4.78, 5) is 23.8. The number of nitrogens with one attached hydrogen (secondary N) is 2. The summed E-state index contributed by atoms with van der Waals surface area (Å²) < 4.78 is 0. The second kappa shape index (κ2) is 9.87. The van der Waals surface area contributed by atoms with Crippen molar-refractivity contribution in [3.63, 3.8) is 0 Å². The van der Waals surface area contributed by atoms with Crippen LogP contribution in [-0.2, 0) is 17.6 Å². The summed E-state index contributed by atoms with van der Waals surface area (Å²) in [6.45, 7) is 5.09. The number of hydrogen-bond donors (Lipinski definition) is 2. The quantitative estimate of drug-likeness (QED) is 0.564. The standard InChI is InChI=1S/C22H31N5OS/c1-15(21-23-13-16(2)29-21)12-24-22(25-14-20(28)27(3)4)26-19-10-9-17-7-5-6-8-18(17)11-19/h5-8,13,15,19H,9-12,14H2,1-4H3,(H2,24,25,26). The highest BCUT2D eigenvalue weighted by Crippen LogP contribution is 2.22. The van der Waals surface area contributed by atoms with E-state index in [-0.39, 0.29) is 18.4 Å². The van der Waals surface area contributed by atoms with Crippen LogP contribution in [0.1, 0.15) is 40.3 Å². The number of carbonyl (C=O) groups is 1. The van der Waals surface area contributed by atoms with E-state index in [0.29, 0.717) is 12.0 Å². The molecule has 7 heteroatoms. The van der Waals surface area contributed by atoms with Gasteiger partial charge in [0.05, 0.1) is 5.01 Å². The smallest absolute Gasteiger partial charge is 0.243 e. The molecule has 6 nitrogen and oxygen atoms in total. The number of amides is 1. The van der Waals surface area contributed by atoms with Crippen LogP contribution >= 0.6 is 11.3 Å². The van der Waals surface area contributed by atoms with Crippen LogP contribution < -0.4 is 10.6 Å². The predicted molar refractivity (Wildman–Crippen MR) is 120 cm³/mol. The Kier molecular flexibility index (Phi) is 7.25. The van der Waals surface area contributed by atoms with Crippen molar-refractivity contribution in [3.8, 4) is 0 Å². The van der Waals surface area contributed by atoms with Gasteiger partial charge in [-0.15, -0.1) is 11.3 Å². The molecule has 2 atom stereocenters. The van der Waals surface area contributed by atoms with Gasteiger partial charge in [0.1, 0.15) is 6.54 Å². The van der Waals surface area contributed by atoms with Gasteiger partial charge in [-0.05, 0) is 37.3 Å². The third kappa shape index (κ3) is 6.03. The van der Waals surface area contributed by atoms with Crippen LogP contribution in [0, 0.1) is 6.92 Å². The number of hydrogen-bond acceptors (Lipinski definition) is 4. The highest BCUT2D eigenvalue weighted by molar-refractivity contribution is 7.11. The molecule has 0 spiro atoms. The molecule has 0 saturated heterocycles. The molecule has 0 radical (unpaired) electrons. The molecule has 1 aliphatic carbocycles. The van der Waals surface area contributed by atoms with Crippen molar-refractivity contribution >= 4 is 23.2 Å². The third-order valence-electron chi connectivity index (χ3n) is 5.20. The zero-order valence-corrected chi connectivity index (χ0v) is 18.6. The number of likely N-dealkylation sites (N-methyl/N-ethyl adjacent to an activating group) is 1. The van der Waals surface area contributed by atoms with Crippen molar-refractivity contribution in [2.24, 2.45) is 4.99 Å². The van der Waals surface area contributed by atoms with E-state index in [9.17, 15) is 4.79 Å². The lowest BCUT2D eigenvalue weighted by Gasteiger charge is -2.27. The summed E-state index contributed by atoms with van der Waals surface area (Å²) in [6.07, 6.45) is 5.01. The number of carbonyl (C=O) groups excluding carboxylic acids is 1.